The fraction of sp³-hybridized carbons (Fsp3) is 0.500. The molecular weight excluding hydrogens is 302 g/mol. The summed E-state index contributed by atoms with van der Waals surface area (Å²) in [6, 6.07) is 3.84. The summed E-state index contributed by atoms with van der Waals surface area (Å²) in [6.07, 6.45) is 0.180. The highest BCUT2D eigenvalue weighted by Crippen LogP contribution is 2.52. The molecule has 3 rings (SSSR count). The zero-order valence-electron chi connectivity index (χ0n) is 12.2. The number of carbonyl (C=O) groups excluding carboxylic acids is 1. The van der Waals surface area contributed by atoms with Crippen LogP contribution in [0, 0.1) is 28.1 Å². The first kappa shape index (κ1) is 15.3. The van der Waals surface area contributed by atoms with Gasteiger partial charge in [-0.3, -0.25) is 4.79 Å². The quantitative estimate of drug-likeness (QED) is 0.734. The van der Waals surface area contributed by atoms with Crippen LogP contribution in [0.2, 0.25) is 0 Å². The fourth-order valence-electron chi connectivity index (χ4n) is 2.99. The van der Waals surface area contributed by atoms with Gasteiger partial charge in [0.1, 0.15) is 29.4 Å². The SMILES string of the molecule is C[C@@]1(C#N)[C@H](O)[C@@H](CO)O[C@@]1(C#N)c1cnc2n1N=CCC2=O. The van der Waals surface area contributed by atoms with Crippen LogP contribution in [0.3, 0.4) is 0 Å². The third-order valence-electron chi connectivity index (χ3n) is 4.39. The van der Waals surface area contributed by atoms with Crippen LogP contribution in [0.25, 0.3) is 0 Å². The summed E-state index contributed by atoms with van der Waals surface area (Å²) in [5.41, 5.74) is -3.53. The van der Waals surface area contributed by atoms with Crippen LogP contribution < -0.4 is 0 Å². The van der Waals surface area contributed by atoms with Crippen LogP contribution in [0.5, 0.6) is 0 Å². The Morgan fingerprint density at radius 2 is 2.26 bits per heavy atom. The molecule has 4 atom stereocenters. The molecule has 1 aromatic heterocycles. The highest BCUT2D eigenvalue weighted by Gasteiger charge is 2.67. The van der Waals surface area contributed by atoms with Crippen molar-refractivity contribution < 1.29 is 19.7 Å². The minimum Gasteiger partial charge on any atom is -0.394 e. The van der Waals surface area contributed by atoms with E-state index >= 15 is 0 Å². The summed E-state index contributed by atoms with van der Waals surface area (Å²) in [4.78, 5) is 15.8. The second-order valence-electron chi connectivity index (χ2n) is 5.60. The zero-order valence-corrected chi connectivity index (χ0v) is 12.2. The first-order valence-electron chi connectivity index (χ1n) is 6.88. The maximum absolute atomic E-state index is 11.9. The summed E-state index contributed by atoms with van der Waals surface area (Å²) >= 11 is 0. The molecule has 2 aliphatic heterocycles. The summed E-state index contributed by atoms with van der Waals surface area (Å²) < 4.78 is 6.73. The number of ether oxygens (including phenoxy) is 1. The number of fused-ring (bicyclic) bond motifs is 1. The molecule has 0 bridgehead atoms. The number of carbonyl (C=O) groups is 1. The van der Waals surface area contributed by atoms with Crippen LogP contribution in [0.4, 0.5) is 0 Å². The number of Topliss-reactive ketones (excluding diaryl/α,β-unsaturated/α-hetero) is 1. The molecule has 0 aliphatic carbocycles. The normalized spacial score (nSPS) is 35.6. The molecule has 1 aromatic rings. The molecule has 23 heavy (non-hydrogen) atoms. The number of ketones is 1. The van der Waals surface area contributed by atoms with Gasteiger partial charge in [-0.15, -0.1) is 0 Å². The lowest BCUT2D eigenvalue weighted by Crippen LogP contribution is -2.45. The van der Waals surface area contributed by atoms with Crippen molar-refractivity contribution in [1.82, 2.24) is 9.66 Å². The molecule has 0 spiro atoms. The Balaban J connectivity index is 2.25. The molecule has 1 saturated heterocycles. The standard InChI is InChI=1S/C14H13N5O4/c1-13(6-15)11(22)9(5-20)23-14(13,7-16)10-4-17-12-8(21)2-3-18-19(10)12/h3-4,9,11,20,22H,2,5H2,1H3/t9-,11-,13-,14+/m1/s1. The van der Waals surface area contributed by atoms with Gasteiger partial charge in [-0.05, 0) is 6.92 Å². The van der Waals surface area contributed by atoms with E-state index in [2.05, 4.69) is 10.1 Å². The second-order valence-corrected chi connectivity index (χ2v) is 5.60. The van der Waals surface area contributed by atoms with Crippen molar-refractivity contribution in [3.63, 3.8) is 0 Å². The van der Waals surface area contributed by atoms with Crippen molar-refractivity contribution in [2.45, 2.75) is 31.2 Å². The minimum absolute atomic E-state index is 0.0305. The molecular formula is C14H13N5O4. The van der Waals surface area contributed by atoms with Crippen molar-refractivity contribution in [3.05, 3.63) is 17.7 Å². The Labute approximate surface area is 131 Å². The number of nitriles is 2. The van der Waals surface area contributed by atoms with E-state index < -0.39 is 29.8 Å². The Morgan fingerprint density at radius 1 is 1.52 bits per heavy atom. The Bertz CT molecular complexity index is 788. The van der Waals surface area contributed by atoms with Crippen LogP contribution in [-0.4, -0.2) is 50.7 Å². The number of aromatic nitrogens is 2. The highest BCUT2D eigenvalue weighted by atomic mass is 16.5. The van der Waals surface area contributed by atoms with Gasteiger partial charge in [0.15, 0.2) is 5.82 Å². The van der Waals surface area contributed by atoms with Gasteiger partial charge in [-0.1, -0.05) is 0 Å². The first-order valence-corrected chi connectivity index (χ1v) is 6.88. The third-order valence-corrected chi connectivity index (χ3v) is 4.39. The summed E-state index contributed by atoms with van der Waals surface area (Å²) in [5, 5.41) is 43.1. The molecule has 9 nitrogen and oxygen atoms in total. The Kier molecular flexibility index (Phi) is 3.30. The zero-order chi connectivity index (χ0) is 16.8. The topological polar surface area (TPSA) is 145 Å². The minimum atomic E-state index is -1.92. The molecule has 9 heteroatoms. The molecule has 1 fully saturated rings. The van der Waals surface area contributed by atoms with Gasteiger partial charge in [0.2, 0.25) is 11.4 Å². The first-order chi connectivity index (χ1) is 10.9. The number of aliphatic hydroxyl groups excluding tert-OH is 2. The number of imidazole rings is 1. The molecule has 0 saturated carbocycles. The Morgan fingerprint density at radius 3 is 2.87 bits per heavy atom. The molecule has 0 unspecified atom stereocenters. The number of nitrogens with zero attached hydrogens (tertiary/aromatic N) is 5. The molecule has 2 aliphatic rings. The smallest absolute Gasteiger partial charge is 0.219 e. The summed E-state index contributed by atoms with van der Waals surface area (Å²) in [6.45, 7) is 0.802. The number of hydrogen-bond acceptors (Lipinski definition) is 8. The van der Waals surface area contributed by atoms with Crippen LogP contribution >= 0.6 is 0 Å². The van der Waals surface area contributed by atoms with Crippen molar-refractivity contribution >= 4 is 12.0 Å². The van der Waals surface area contributed by atoms with Crippen molar-refractivity contribution in [2.24, 2.45) is 10.5 Å². The predicted octanol–water partition coefficient (Wildman–Crippen LogP) is -0.696. The predicted molar refractivity (Wildman–Crippen MR) is 74.0 cm³/mol. The number of rotatable bonds is 2. The lowest BCUT2D eigenvalue weighted by atomic mass is 9.71. The van der Waals surface area contributed by atoms with Gasteiger partial charge in [-0.2, -0.15) is 15.6 Å². The molecule has 3 heterocycles. The van der Waals surface area contributed by atoms with Gasteiger partial charge in [-0.25, -0.2) is 9.66 Å². The van der Waals surface area contributed by atoms with Crippen molar-refractivity contribution in [3.8, 4) is 12.1 Å². The third kappa shape index (κ3) is 1.72. The maximum atomic E-state index is 11.9. The molecule has 118 valence electrons. The van der Waals surface area contributed by atoms with Crippen LogP contribution in [0.15, 0.2) is 11.3 Å². The van der Waals surface area contributed by atoms with E-state index in [0.717, 1.165) is 4.68 Å². The van der Waals surface area contributed by atoms with E-state index in [4.69, 9.17) is 4.74 Å². The lowest BCUT2D eigenvalue weighted by Gasteiger charge is -2.32. The van der Waals surface area contributed by atoms with E-state index in [1.54, 1.807) is 0 Å². The average molecular weight is 315 g/mol. The average Bonchev–Trinajstić information content (AvgIpc) is 3.09. The molecule has 0 radical (unpaired) electrons. The van der Waals surface area contributed by atoms with Gasteiger partial charge in [0.05, 0.1) is 25.3 Å². The monoisotopic (exact) mass is 315 g/mol. The molecule has 0 aromatic carbocycles. The molecule has 2 N–H and O–H groups in total. The number of hydrogen-bond donors (Lipinski definition) is 2. The van der Waals surface area contributed by atoms with E-state index in [0.29, 0.717) is 0 Å². The van der Waals surface area contributed by atoms with Gasteiger partial charge in [0, 0.05) is 6.21 Å². The highest BCUT2D eigenvalue weighted by molar-refractivity contribution is 6.02. The van der Waals surface area contributed by atoms with E-state index in [1.165, 1.54) is 19.3 Å². The van der Waals surface area contributed by atoms with Gasteiger partial charge < -0.3 is 14.9 Å². The Hall–Kier alpha value is -2.59. The van der Waals surface area contributed by atoms with Crippen LogP contribution in [-0.2, 0) is 10.3 Å². The van der Waals surface area contributed by atoms with Crippen molar-refractivity contribution in [2.75, 3.05) is 6.61 Å². The summed E-state index contributed by atoms with van der Waals surface area (Å²) in [7, 11) is 0. The lowest BCUT2D eigenvalue weighted by molar-refractivity contribution is -0.0590. The van der Waals surface area contributed by atoms with Crippen LogP contribution in [0.1, 0.15) is 29.7 Å². The summed E-state index contributed by atoms with van der Waals surface area (Å²) in [5.74, 6) is -0.252. The van der Waals surface area contributed by atoms with E-state index in [1.807, 2.05) is 12.1 Å². The fourth-order valence-corrected chi connectivity index (χ4v) is 2.99. The number of aliphatic hydroxyl groups is 2. The van der Waals surface area contributed by atoms with E-state index in [9.17, 15) is 25.5 Å². The van der Waals surface area contributed by atoms with Gasteiger partial charge in [0.25, 0.3) is 0 Å². The van der Waals surface area contributed by atoms with E-state index in [-0.39, 0.29) is 23.7 Å². The second kappa shape index (κ2) is 4.96. The van der Waals surface area contributed by atoms with Gasteiger partial charge >= 0.3 is 0 Å². The molecule has 0 amide bonds. The van der Waals surface area contributed by atoms with Crippen molar-refractivity contribution in [1.29, 1.82) is 10.5 Å². The maximum Gasteiger partial charge on any atom is 0.219 e. The largest absolute Gasteiger partial charge is 0.394 e.